The zero-order valence-corrected chi connectivity index (χ0v) is 14.6. The Morgan fingerprint density at radius 2 is 1.89 bits per heavy atom. The third-order valence-electron chi connectivity index (χ3n) is 3.81. The SMILES string of the molecule is COc1cc(NC(=O)c2c[nH]c(=O)n(Cc3ccco3)c2=O)cc(OC)c1. The number of anilines is 1. The number of aromatic nitrogens is 2. The lowest BCUT2D eigenvalue weighted by atomic mass is 10.2. The van der Waals surface area contributed by atoms with Gasteiger partial charge >= 0.3 is 5.69 Å². The molecule has 9 heteroatoms. The van der Waals surface area contributed by atoms with E-state index in [4.69, 9.17) is 13.9 Å². The molecule has 9 nitrogen and oxygen atoms in total. The first-order valence-corrected chi connectivity index (χ1v) is 7.91. The van der Waals surface area contributed by atoms with Gasteiger partial charge in [0.2, 0.25) is 0 Å². The number of hydrogen-bond donors (Lipinski definition) is 2. The van der Waals surface area contributed by atoms with E-state index in [1.54, 1.807) is 30.3 Å². The number of carbonyl (C=O) groups excluding carboxylic acids is 1. The molecule has 2 heterocycles. The van der Waals surface area contributed by atoms with E-state index in [0.717, 1.165) is 10.8 Å². The molecular formula is C18H17N3O6. The number of methoxy groups -OCH3 is 2. The lowest BCUT2D eigenvalue weighted by Gasteiger charge is -2.10. The van der Waals surface area contributed by atoms with Crippen molar-refractivity contribution in [3.05, 3.63) is 75.0 Å². The fourth-order valence-corrected chi connectivity index (χ4v) is 2.45. The number of amides is 1. The lowest BCUT2D eigenvalue weighted by molar-refractivity contribution is 0.102. The average Bonchev–Trinajstić information content (AvgIpc) is 3.17. The Bertz CT molecular complexity index is 1040. The summed E-state index contributed by atoms with van der Waals surface area (Å²) in [6.07, 6.45) is 2.51. The van der Waals surface area contributed by atoms with Crippen LogP contribution in [0.25, 0.3) is 0 Å². The van der Waals surface area contributed by atoms with E-state index in [2.05, 4.69) is 10.3 Å². The number of nitrogens with zero attached hydrogens (tertiary/aromatic N) is 1. The standard InChI is InChI=1S/C18H17N3O6/c1-25-13-6-11(7-14(8-13)26-2)20-16(22)15-9-19-18(24)21(17(15)23)10-12-4-3-5-27-12/h3-9H,10H2,1-2H3,(H,19,24)(H,20,22). The number of H-pyrrole nitrogens is 1. The molecule has 0 spiro atoms. The van der Waals surface area contributed by atoms with Crippen LogP contribution in [0, 0.1) is 0 Å². The fourth-order valence-electron chi connectivity index (χ4n) is 2.45. The van der Waals surface area contributed by atoms with Crippen LogP contribution in [0.1, 0.15) is 16.1 Å². The molecule has 3 rings (SSSR count). The molecule has 0 bridgehead atoms. The highest BCUT2D eigenvalue weighted by Gasteiger charge is 2.16. The first kappa shape index (κ1) is 18.1. The molecule has 0 saturated carbocycles. The van der Waals surface area contributed by atoms with E-state index in [1.165, 1.54) is 20.5 Å². The molecule has 27 heavy (non-hydrogen) atoms. The van der Waals surface area contributed by atoms with Crippen molar-refractivity contribution in [1.82, 2.24) is 9.55 Å². The first-order chi connectivity index (χ1) is 13.0. The van der Waals surface area contributed by atoms with Gasteiger partial charge in [0.05, 0.1) is 27.0 Å². The van der Waals surface area contributed by atoms with Gasteiger partial charge in [0.15, 0.2) is 0 Å². The Morgan fingerprint density at radius 3 is 2.48 bits per heavy atom. The molecule has 0 atom stereocenters. The lowest BCUT2D eigenvalue weighted by Crippen LogP contribution is -2.39. The molecule has 2 N–H and O–H groups in total. The number of benzene rings is 1. The molecule has 1 amide bonds. The molecule has 3 aromatic rings. The number of nitrogens with one attached hydrogen (secondary N) is 2. The van der Waals surface area contributed by atoms with Crippen molar-refractivity contribution in [1.29, 1.82) is 0 Å². The van der Waals surface area contributed by atoms with E-state index in [-0.39, 0.29) is 12.1 Å². The van der Waals surface area contributed by atoms with E-state index >= 15 is 0 Å². The van der Waals surface area contributed by atoms with Crippen molar-refractivity contribution >= 4 is 11.6 Å². The predicted octanol–water partition coefficient (Wildman–Crippen LogP) is 1.45. The molecule has 0 aliphatic rings. The second-order valence-electron chi connectivity index (χ2n) is 5.53. The van der Waals surface area contributed by atoms with Crippen LogP contribution in [0.4, 0.5) is 5.69 Å². The quantitative estimate of drug-likeness (QED) is 0.678. The van der Waals surface area contributed by atoms with Gasteiger partial charge in [-0.1, -0.05) is 0 Å². The summed E-state index contributed by atoms with van der Waals surface area (Å²) in [6.45, 7) is -0.0880. The third-order valence-corrected chi connectivity index (χ3v) is 3.81. The van der Waals surface area contributed by atoms with Gasteiger partial charge in [-0.15, -0.1) is 0 Å². The first-order valence-electron chi connectivity index (χ1n) is 7.91. The van der Waals surface area contributed by atoms with Gasteiger partial charge in [0, 0.05) is 30.1 Å². The molecule has 2 aromatic heterocycles. The second kappa shape index (κ2) is 7.65. The summed E-state index contributed by atoms with van der Waals surface area (Å²) in [5.74, 6) is 0.681. The van der Waals surface area contributed by atoms with Gasteiger partial charge < -0.3 is 24.2 Å². The molecule has 140 valence electrons. The van der Waals surface area contributed by atoms with Crippen molar-refractivity contribution in [3.8, 4) is 11.5 Å². The molecule has 0 radical (unpaired) electrons. The Kier molecular flexibility index (Phi) is 5.11. The van der Waals surface area contributed by atoms with Crippen molar-refractivity contribution in [2.75, 3.05) is 19.5 Å². The summed E-state index contributed by atoms with van der Waals surface area (Å²) in [4.78, 5) is 39.5. The Morgan fingerprint density at radius 1 is 1.19 bits per heavy atom. The predicted molar refractivity (Wildman–Crippen MR) is 96.6 cm³/mol. The van der Waals surface area contributed by atoms with Crippen LogP contribution in [0.5, 0.6) is 11.5 Å². The highest BCUT2D eigenvalue weighted by atomic mass is 16.5. The maximum Gasteiger partial charge on any atom is 0.328 e. The summed E-state index contributed by atoms with van der Waals surface area (Å²) in [7, 11) is 2.96. The number of hydrogen-bond acceptors (Lipinski definition) is 6. The van der Waals surface area contributed by atoms with Crippen LogP contribution in [0.2, 0.25) is 0 Å². The summed E-state index contributed by atoms with van der Waals surface area (Å²) < 4.78 is 16.3. The van der Waals surface area contributed by atoms with Crippen LogP contribution >= 0.6 is 0 Å². The highest BCUT2D eigenvalue weighted by Crippen LogP contribution is 2.25. The van der Waals surface area contributed by atoms with Crippen LogP contribution in [-0.4, -0.2) is 29.7 Å². The largest absolute Gasteiger partial charge is 0.497 e. The van der Waals surface area contributed by atoms with Gasteiger partial charge in [0.1, 0.15) is 22.8 Å². The third kappa shape index (κ3) is 3.92. The molecular weight excluding hydrogens is 354 g/mol. The van der Waals surface area contributed by atoms with Crippen molar-refractivity contribution < 1.29 is 18.7 Å². The molecule has 0 unspecified atom stereocenters. The number of rotatable bonds is 6. The van der Waals surface area contributed by atoms with Gasteiger partial charge in [-0.3, -0.25) is 14.2 Å². The summed E-state index contributed by atoms with van der Waals surface area (Å²) >= 11 is 0. The monoisotopic (exact) mass is 371 g/mol. The van der Waals surface area contributed by atoms with Crippen LogP contribution in [0.15, 0.2) is 56.8 Å². The highest BCUT2D eigenvalue weighted by molar-refractivity contribution is 6.04. The number of aromatic amines is 1. The maximum atomic E-state index is 12.6. The fraction of sp³-hybridized carbons (Fsp3) is 0.167. The summed E-state index contributed by atoms with van der Waals surface area (Å²) in [6, 6.07) is 8.06. The second-order valence-corrected chi connectivity index (χ2v) is 5.53. The zero-order chi connectivity index (χ0) is 19.4. The maximum absolute atomic E-state index is 12.6. The van der Waals surface area contributed by atoms with E-state index in [0.29, 0.717) is 22.9 Å². The Balaban J connectivity index is 1.91. The smallest absolute Gasteiger partial charge is 0.328 e. The van der Waals surface area contributed by atoms with Crippen LogP contribution in [0.3, 0.4) is 0 Å². The van der Waals surface area contributed by atoms with E-state index < -0.39 is 17.2 Å². The summed E-state index contributed by atoms with van der Waals surface area (Å²) in [5.41, 5.74) is -1.22. The zero-order valence-electron chi connectivity index (χ0n) is 14.6. The van der Waals surface area contributed by atoms with Gasteiger partial charge in [-0.05, 0) is 12.1 Å². The average molecular weight is 371 g/mol. The van der Waals surface area contributed by atoms with Crippen LogP contribution < -0.4 is 26.0 Å². The van der Waals surface area contributed by atoms with Gasteiger partial charge in [-0.2, -0.15) is 0 Å². The minimum atomic E-state index is -0.734. The molecule has 0 fully saturated rings. The van der Waals surface area contributed by atoms with E-state index in [9.17, 15) is 14.4 Å². The van der Waals surface area contributed by atoms with Gasteiger partial charge in [0.25, 0.3) is 11.5 Å². The van der Waals surface area contributed by atoms with Crippen molar-refractivity contribution in [3.63, 3.8) is 0 Å². The van der Waals surface area contributed by atoms with E-state index in [1.807, 2.05) is 0 Å². The topological polar surface area (TPSA) is 116 Å². The number of carbonyl (C=O) groups is 1. The molecule has 0 aliphatic carbocycles. The van der Waals surface area contributed by atoms with Gasteiger partial charge in [-0.25, -0.2) is 4.79 Å². The van der Waals surface area contributed by atoms with Crippen molar-refractivity contribution in [2.24, 2.45) is 0 Å². The number of furan rings is 1. The summed E-state index contributed by atoms with van der Waals surface area (Å²) in [5, 5.41) is 2.60. The Labute approximate surface area is 153 Å². The minimum Gasteiger partial charge on any atom is -0.497 e. The van der Waals surface area contributed by atoms with Crippen LogP contribution in [-0.2, 0) is 6.54 Å². The molecule has 0 saturated heterocycles. The number of ether oxygens (including phenoxy) is 2. The van der Waals surface area contributed by atoms with Crippen molar-refractivity contribution in [2.45, 2.75) is 6.54 Å². The molecule has 1 aromatic carbocycles. The molecule has 0 aliphatic heterocycles. The normalized spacial score (nSPS) is 10.4. The minimum absolute atomic E-state index is 0.0880. The Hall–Kier alpha value is -3.75.